The Hall–Kier alpha value is -2.63. The molecule has 0 saturated heterocycles. The number of nitrogens with zero attached hydrogens (tertiary/aromatic N) is 1. The minimum Gasteiger partial charge on any atom is -0.491 e. The van der Waals surface area contributed by atoms with Crippen molar-refractivity contribution < 1.29 is 14.3 Å². The molecule has 0 amide bonds. The fourth-order valence-electron chi connectivity index (χ4n) is 3.10. The van der Waals surface area contributed by atoms with Gasteiger partial charge in [-0.25, -0.2) is 0 Å². The van der Waals surface area contributed by atoms with Crippen LogP contribution in [0, 0.1) is 6.92 Å². The molecule has 0 fully saturated rings. The molecule has 5 nitrogen and oxygen atoms in total. The maximum absolute atomic E-state index is 13.0. The molecule has 0 saturated carbocycles. The Morgan fingerprint density at radius 2 is 1.86 bits per heavy atom. The zero-order chi connectivity index (χ0) is 20.3. The first-order valence-electron chi connectivity index (χ1n) is 9.50. The molecule has 0 bridgehead atoms. The maximum Gasteiger partial charge on any atom is 0.200 e. The van der Waals surface area contributed by atoms with Crippen LogP contribution in [0.25, 0.3) is 22.1 Å². The number of likely N-dealkylation sites (N-methyl/N-ethyl adjacent to an activating group) is 1. The van der Waals surface area contributed by atoms with E-state index in [4.69, 9.17) is 9.15 Å². The highest BCUT2D eigenvalue weighted by Crippen LogP contribution is 2.26. The molecule has 1 aromatic heterocycles. The van der Waals surface area contributed by atoms with E-state index >= 15 is 0 Å². The van der Waals surface area contributed by atoms with E-state index in [9.17, 15) is 9.90 Å². The van der Waals surface area contributed by atoms with E-state index in [-0.39, 0.29) is 12.0 Å². The lowest BCUT2D eigenvalue weighted by Crippen LogP contribution is -2.36. The summed E-state index contributed by atoms with van der Waals surface area (Å²) in [6, 6.07) is 15.0. The highest BCUT2D eigenvalue weighted by Gasteiger charge is 2.15. The van der Waals surface area contributed by atoms with Crippen LogP contribution in [0.5, 0.6) is 5.75 Å². The van der Waals surface area contributed by atoms with Gasteiger partial charge >= 0.3 is 0 Å². The van der Waals surface area contributed by atoms with Crippen LogP contribution in [0.3, 0.4) is 0 Å². The van der Waals surface area contributed by atoms with Gasteiger partial charge in [0.1, 0.15) is 29.8 Å². The second kappa shape index (κ2) is 8.59. The highest BCUT2D eigenvalue weighted by atomic mass is 16.5. The lowest BCUT2D eigenvalue weighted by molar-refractivity contribution is 0.0678. The number of ether oxygens (including phenoxy) is 1. The van der Waals surface area contributed by atoms with Gasteiger partial charge in [-0.2, -0.15) is 0 Å². The number of rotatable bonds is 7. The highest BCUT2D eigenvalue weighted by molar-refractivity contribution is 5.83. The van der Waals surface area contributed by atoms with Crippen molar-refractivity contribution in [1.29, 1.82) is 0 Å². The summed E-state index contributed by atoms with van der Waals surface area (Å²) in [5.41, 5.74) is 1.84. The van der Waals surface area contributed by atoms with Gasteiger partial charge < -0.3 is 19.2 Å². The van der Waals surface area contributed by atoms with E-state index in [1.54, 1.807) is 25.1 Å². The number of aryl methyl sites for hydroxylation is 1. The van der Waals surface area contributed by atoms with Crippen molar-refractivity contribution in [3.05, 3.63) is 64.5 Å². The van der Waals surface area contributed by atoms with Crippen LogP contribution >= 0.6 is 0 Å². The van der Waals surface area contributed by atoms with Crippen LogP contribution in [0.15, 0.2) is 57.7 Å². The van der Waals surface area contributed by atoms with Crippen molar-refractivity contribution in [1.82, 2.24) is 4.90 Å². The molecular weight excluding hydrogens is 354 g/mol. The van der Waals surface area contributed by atoms with Crippen molar-refractivity contribution in [3.8, 4) is 16.9 Å². The van der Waals surface area contributed by atoms with Gasteiger partial charge in [0.15, 0.2) is 0 Å². The molecule has 148 valence electrons. The molecule has 0 radical (unpaired) electrons. The molecule has 0 aliphatic carbocycles. The van der Waals surface area contributed by atoms with Crippen LogP contribution < -0.4 is 10.2 Å². The second-order valence-electron chi connectivity index (χ2n) is 7.38. The Morgan fingerprint density at radius 3 is 2.54 bits per heavy atom. The van der Waals surface area contributed by atoms with Crippen LogP contribution in [0.2, 0.25) is 0 Å². The Bertz CT molecular complexity index is 995. The van der Waals surface area contributed by atoms with Gasteiger partial charge in [-0.1, -0.05) is 30.3 Å². The average Bonchev–Trinajstić information content (AvgIpc) is 2.67. The molecule has 28 heavy (non-hydrogen) atoms. The molecule has 5 heteroatoms. The number of hydrogen-bond acceptors (Lipinski definition) is 5. The zero-order valence-corrected chi connectivity index (χ0v) is 16.8. The van der Waals surface area contributed by atoms with Gasteiger partial charge in [0.25, 0.3) is 0 Å². The third kappa shape index (κ3) is 4.43. The summed E-state index contributed by atoms with van der Waals surface area (Å²) in [4.78, 5) is 15.0. The van der Waals surface area contributed by atoms with Gasteiger partial charge in [0.2, 0.25) is 5.43 Å². The van der Waals surface area contributed by atoms with Crippen LogP contribution in [-0.2, 0) is 0 Å². The minimum atomic E-state index is -0.600. The summed E-state index contributed by atoms with van der Waals surface area (Å²) in [5, 5.41) is 10.7. The van der Waals surface area contributed by atoms with Gasteiger partial charge in [0.05, 0.1) is 10.9 Å². The summed E-state index contributed by atoms with van der Waals surface area (Å²) in [7, 11) is 1.96. The molecule has 1 N–H and O–H groups in total. The lowest BCUT2D eigenvalue weighted by Gasteiger charge is -2.24. The maximum atomic E-state index is 13.0. The van der Waals surface area contributed by atoms with Crippen LogP contribution in [0.1, 0.15) is 19.6 Å². The number of benzene rings is 2. The van der Waals surface area contributed by atoms with E-state index in [1.807, 2.05) is 37.4 Å². The Labute approximate surface area is 165 Å². The third-order valence-corrected chi connectivity index (χ3v) is 4.93. The fourth-order valence-corrected chi connectivity index (χ4v) is 3.10. The lowest BCUT2D eigenvalue weighted by atomic mass is 10.0. The molecule has 0 spiro atoms. The fraction of sp³-hybridized carbons (Fsp3) is 0.348. The quantitative estimate of drug-likeness (QED) is 0.674. The summed E-state index contributed by atoms with van der Waals surface area (Å²) in [6.07, 6.45) is -0.600. The molecule has 2 aromatic carbocycles. The van der Waals surface area contributed by atoms with Crippen LogP contribution in [-0.4, -0.2) is 42.4 Å². The van der Waals surface area contributed by atoms with E-state index in [0.717, 1.165) is 5.56 Å². The van der Waals surface area contributed by atoms with Crippen molar-refractivity contribution >= 4 is 11.0 Å². The molecule has 3 aromatic rings. The third-order valence-electron chi connectivity index (χ3n) is 4.93. The first-order valence-corrected chi connectivity index (χ1v) is 9.50. The number of fused-ring (bicyclic) bond motifs is 1. The second-order valence-corrected chi connectivity index (χ2v) is 7.38. The van der Waals surface area contributed by atoms with Gasteiger partial charge in [0, 0.05) is 18.7 Å². The van der Waals surface area contributed by atoms with Crippen molar-refractivity contribution in [2.75, 3.05) is 20.2 Å². The van der Waals surface area contributed by atoms with Gasteiger partial charge in [-0.05, 0) is 45.5 Å². The summed E-state index contributed by atoms with van der Waals surface area (Å²) >= 11 is 0. The van der Waals surface area contributed by atoms with E-state index in [0.29, 0.717) is 40.6 Å². The topological polar surface area (TPSA) is 62.9 Å². The van der Waals surface area contributed by atoms with E-state index < -0.39 is 6.10 Å². The average molecular weight is 381 g/mol. The monoisotopic (exact) mass is 381 g/mol. The van der Waals surface area contributed by atoms with E-state index in [2.05, 4.69) is 18.7 Å². The summed E-state index contributed by atoms with van der Waals surface area (Å²) < 4.78 is 11.6. The minimum absolute atomic E-state index is 0.0601. The first-order chi connectivity index (χ1) is 13.4. The predicted octanol–water partition coefficient (Wildman–Crippen LogP) is 3.85. The molecule has 1 unspecified atom stereocenters. The Kier molecular flexibility index (Phi) is 6.17. The number of aliphatic hydroxyl groups excluding tert-OH is 1. The zero-order valence-electron chi connectivity index (χ0n) is 16.8. The first kappa shape index (κ1) is 20.1. The smallest absolute Gasteiger partial charge is 0.200 e. The Balaban J connectivity index is 1.82. The largest absolute Gasteiger partial charge is 0.491 e. The SMILES string of the molecule is Cc1oc2cc(OCC(O)CN(C)C(C)C)ccc2c(=O)c1-c1ccccc1. The summed E-state index contributed by atoms with van der Waals surface area (Å²) in [6.45, 7) is 6.64. The number of aliphatic hydroxyl groups is 1. The molecular formula is C23H27NO4. The van der Waals surface area contributed by atoms with Crippen molar-refractivity contribution in [3.63, 3.8) is 0 Å². The predicted molar refractivity (Wildman–Crippen MR) is 112 cm³/mol. The molecule has 0 aliphatic heterocycles. The van der Waals surface area contributed by atoms with Crippen molar-refractivity contribution in [2.45, 2.75) is 32.9 Å². The van der Waals surface area contributed by atoms with E-state index in [1.165, 1.54) is 0 Å². The molecule has 0 aliphatic rings. The summed E-state index contributed by atoms with van der Waals surface area (Å²) in [5.74, 6) is 1.13. The Morgan fingerprint density at radius 1 is 1.14 bits per heavy atom. The molecule has 1 heterocycles. The van der Waals surface area contributed by atoms with Crippen molar-refractivity contribution in [2.24, 2.45) is 0 Å². The molecule has 3 rings (SSSR count). The van der Waals surface area contributed by atoms with Crippen LogP contribution in [0.4, 0.5) is 0 Å². The van der Waals surface area contributed by atoms with Gasteiger partial charge in [-0.3, -0.25) is 4.79 Å². The van der Waals surface area contributed by atoms with Gasteiger partial charge in [-0.15, -0.1) is 0 Å². The standard InChI is InChI=1S/C23H27NO4/c1-15(2)24(4)13-18(25)14-27-19-10-11-20-21(12-19)28-16(3)22(23(20)26)17-8-6-5-7-9-17/h5-12,15,18,25H,13-14H2,1-4H3. The molecule has 1 atom stereocenters. The normalized spacial score (nSPS) is 12.7. The number of hydrogen-bond donors (Lipinski definition) is 1.